The van der Waals surface area contributed by atoms with E-state index in [1.807, 2.05) is 82.3 Å². The summed E-state index contributed by atoms with van der Waals surface area (Å²) in [7, 11) is 0. The second kappa shape index (κ2) is 22.3. The number of aliphatic hydroxyl groups is 2. The van der Waals surface area contributed by atoms with Crippen molar-refractivity contribution < 1.29 is 24.9 Å². The highest BCUT2D eigenvalue weighted by Gasteiger charge is 2.23. The summed E-state index contributed by atoms with van der Waals surface area (Å²) in [5.74, 6) is -0.858. The van der Waals surface area contributed by atoms with E-state index in [0.717, 1.165) is 72.4 Å². The number of hydrogen-bond donors (Lipinski definition) is 7. The van der Waals surface area contributed by atoms with Gasteiger partial charge in [-0.15, -0.1) is 0 Å². The zero-order valence-electron chi connectivity index (χ0n) is 40.9. The number of nitrogens with two attached hydrogens (primary N) is 3. The molecule has 368 valence electrons. The molecule has 15 nitrogen and oxygen atoms in total. The van der Waals surface area contributed by atoms with Crippen LogP contribution in [-0.2, 0) is 37.1 Å². The number of halogens is 2. The van der Waals surface area contributed by atoms with Crippen LogP contribution in [0.25, 0.3) is 21.8 Å². The fourth-order valence-electron chi connectivity index (χ4n) is 7.64. The first kappa shape index (κ1) is 53.2. The molecule has 8 aromatic rings. The Morgan fingerprint density at radius 2 is 1.13 bits per heavy atom. The maximum absolute atomic E-state index is 13.1. The van der Waals surface area contributed by atoms with Crippen LogP contribution in [0.5, 0.6) is 0 Å². The largest absolute Gasteiger partial charge is 0.478 e. The number of anilines is 2. The minimum absolute atomic E-state index is 0.104. The first-order chi connectivity index (χ1) is 33.4. The molecule has 0 atom stereocenters. The van der Waals surface area contributed by atoms with E-state index >= 15 is 0 Å². The van der Waals surface area contributed by atoms with Crippen molar-refractivity contribution in [2.24, 2.45) is 5.73 Å². The number of carboxylic acid groups (broad SMARTS) is 1. The molecule has 1 amide bonds. The minimum atomic E-state index is -1.22. The van der Waals surface area contributed by atoms with Crippen molar-refractivity contribution in [3.05, 3.63) is 186 Å². The molecule has 0 spiro atoms. The normalized spacial score (nSPS) is 11.4. The van der Waals surface area contributed by atoms with Gasteiger partial charge in [0, 0.05) is 71.7 Å². The van der Waals surface area contributed by atoms with Crippen LogP contribution < -0.4 is 22.5 Å². The SMILES string of the molecule is CC(C)(O)c1cc(C(=O)O)cc(Cc2ccc3ncc(Cl)cc3c2)n1.Cc1cc(CN)nc(C)c1N.Cc1cc(N)nc(C)c1CNC(=O)c1cc(Cc2ccc3ncc(Cl)cc3c2)nc(C(C)(C)O)c1. The Morgan fingerprint density at radius 3 is 1.59 bits per heavy atom. The summed E-state index contributed by atoms with van der Waals surface area (Å²) in [5, 5.41) is 36.0. The maximum atomic E-state index is 13.1. The fraction of sp³-hybridized carbons (Fsp3) is 0.259. The average Bonchev–Trinajstić information content (AvgIpc) is 3.29. The zero-order chi connectivity index (χ0) is 51.9. The van der Waals surface area contributed by atoms with Crippen LogP contribution in [0.2, 0.25) is 10.0 Å². The third-order valence-electron chi connectivity index (χ3n) is 11.4. The molecular formula is C54H58Cl2N10O5. The molecule has 0 radical (unpaired) electrons. The minimum Gasteiger partial charge on any atom is -0.478 e. The molecule has 6 heterocycles. The lowest BCUT2D eigenvalue weighted by Gasteiger charge is -2.19. The predicted molar refractivity (Wildman–Crippen MR) is 280 cm³/mol. The molecule has 8 rings (SSSR count). The Balaban J connectivity index is 0.000000198. The number of carbonyl (C=O) groups is 2. The van der Waals surface area contributed by atoms with E-state index < -0.39 is 17.2 Å². The third kappa shape index (κ3) is 14.2. The van der Waals surface area contributed by atoms with Gasteiger partial charge >= 0.3 is 5.97 Å². The molecule has 0 unspecified atom stereocenters. The second-order valence-electron chi connectivity index (χ2n) is 18.3. The smallest absolute Gasteiger partial charge is 0.335 e. The summed E-state index contributed by atoms with van der Waals surface area (Å²) in [5.41, 5.74) is 26.9. The molecule has 2 aromatic carbocycles. The van der Waals surface area contributed by atoms with Crippen LogP contribution in [0.4, 0.5) is 11.5 Å². The Bertz CT molecular complexity index is 3230. The van der Waals surface area contributed by atoms with Crippen LogP contribution in [0.3, 0.4) is 0 Å². The molecule has 71 heavy (non-hydrogen) atoms. The van der Waals surface area contributed by atoms with Crippen molar-refractivity contribution >= 4 is 68.4 Å². The second-order valence-corrected chi connectivity index (χ2v) is 19.2. The number of carboxylic acids is 1. The highest BCUT2D eigenvalue weighted by Crippen LogP contribution is 2.26. The highest BCUT2D eigenvalue weighted by atomic mass is 35.5. The number of pyridine rings is 6. The average molecular weight is 998 g/mol. The number of benzene rings is 2. The van der Waals surface area contributed by atoms with E-state index in [1.54, 1.807) is 58.3 Å². The van der Waals surface area contributed by atoms with Crippen molar-refractivity contribution in [1.29, 1.82) is 0 Å². The van der Waals surface area contributed by atoms with Gasteiger partial charge in [0.15, 0.2) is 0 Å². The van der Waals surface area contributed by atoms with Crippen LogP contribution in [-0.4, -0.2) is 57.1 Å². The first-order valence-corrected chi connectivity index (χ1v) is 23.3. The van der Waals surface area contributed by atoms with Gasteiger partial charge in [-0.3, -0.25) is 29.7 Å². The van der Waals surface area contributed by atoms with Crippen molar-refractivity contribution in [2.45, 2.75) is 92.5 Å². The first-order valence-electron chi connectivity index (χ1n) is 22.6. The third-order valence-corrected chi connectivity index (χ3v) is 11.8. The number of nitrogen functional groups attached to an aromatic ring is 2. The number of aryl methyl sites for hydroxylation is 4. The maximum Gasteiger partial charge on any atom is 0.335 e. The Hall–Kier alpha value is -7.14. The molecule has 17 heteroatoms. The quantitative estimate of drug-likeness (QED) is 0.0637. The molecule has 0 aliphatic rings. The number of hydrogen-bond acceptors (Lipinski definition) is 13. The van der Waals surface area contributed by atoms with Gasteiger partial charge < -0.3 is 37.8 Å². The van der Waals surface area contributed by atoms with E-state index in [-0.39, 0.29) is 11.5 Å². The Morgan fingerprint density at radius 1 is 0.620 bits per heavy atom. The van der Waals surface area contributed by atoms with Crippen molar-refractivity contribution in [1.82, 2.24) is 35.2 Å². The lowest BCUT2D eigenvalue weighted by atomic mass is 9.99. The van der Waals surface area contributed by atoms with Gasteiger partial charge in [-0.05, 0) is 156 Å². The fourth-order valence-corrected chi connectivity index (χ4v) is 7.97. The highest BCUT2D eigenvalue weighted by molar-refractivity contribution is 6.31. The van der Waals surface area contributed by atoms with Gasteiger partial charge in [0.2, 0.25) is 0 Å². The van der Waals surface area contributed by atoms with E-state index in [1.165, 1.54) is 12.1 Å². The summed E-state index contributed by atoms with van der Waals surface area (Å²) in [6, 6.07) is 25.4. The monoisotopic (exact) mass is 996 g/mol. The van der Waals surface area contributed by atoms with Gasteiger partial charge in [0.05, 0.1) is 55.1 Å². The number of rotatable bonds is 11. The van der Waals surface area contributed by atoms with E-state index in [2.05, 4.69) is 35.2 Å². The molecule has 0 aliphatic heterocycles. The van der Waals surface area contributed by atoms with Gasteiger partial charge in [0.1, 0.15) is 17.0 Å². The Labute approximate surface area is 422 Å². The number of nitrogens with one attached hydrogen (secondary N) is 1. The summed E-state index contributed by atoms with van der Waals surface area (Å²) >= 11 is 12.1. The van der Waals surface area contributed by atoms with Crippen molar-refractivity contribution in [3.63, 3.8) is 0 Å². The summed E-state index contributed by atoms with van der Waals surface area (Å²) in [6.07, 6.45) is 4.13. The lowest BCUT2D eigenvalue weighted by Crippen LogP contribution is -2.26. The molecule has 6 aromatic heterocycles. The van der Waals surface area contributed by atoms with Crippen molar-refractivity contribution in [3.8, 4) is 0 Å². The van der Waals surface area contributed by atoms with Gasteiger partial charge in [-0.1, -0.05) is 35.3 Å². The zero-order valence-corrected chi connectivity index (χ0v) is 42.4. The molecule has 0 aliphatic carbocycles. The number of fused-ring (bicyclic) bond motifs is 2. The summed E-state index contributed by atoms with van der Waals surface area (Å²) in [6.45, 7) is 14.9. The van der Waals surface area contributed by atoms with Crippen LogP contribution in [0.1, 0.15) is 116 Å². The van der Waals surface area contributed by atoms with E-state index in [9.17, 15) is 24.9 Å². The standard InChI is InChI=1S/C27H28ClN5O2.C19H17ClN2O3.C8H13N3/c1-15-7-25(29)32-16(2)22(15)14-31-26(34)19-11-21(33-24(12-19)27(3,4)35)9-17-5-6-23-18(8-17)10-20(28)13-30-23;1-19(2,25)17-9-13(18(23)24)8-15(22-17)6-11-3-4-16-12(5-11)7-14(20)10-21-16;1-5-3-7(4-9)11-6(2)8(5)10/h5-8,10-13,35H,9,14H2,1-4H3,(H2,29,32)(H,31,34);3-5,7-10,25H,6H2,1-2H3,(H,23,24);3H,4,9-10H2,1-2H3. The molecule has 0 saturated carbocycles. The van der Waals surface area contributed by atoms with E-state index in [4.69, 9.17) is 40.4 Å². The van der Waals surface area contributed by atoms with Gasteiger partial charge in [0.25, 0.3) is 5.91 Å². The summed E-state index contributed by atoms with van der Waals surface area (Å²) < 4.78 is 0. The van der Waals surface area contributed by atoms with Gasteiger partial charge in [-0.2, -0.15) is 0 Å². The molecule has 0 saturated heterocycles. The number of amides is 1. The van der Waals surface area contributed by atoms with Crippen LogP contribution >= 0.6 is 23.2 Å². The molecule has 0 bridgehead atoms. The van der Waals surface area contributed by atoms with Crippen LogP contribution in [0.15, 0.2) is 97.3 Å². The van der Waals surface area contributed by atoms with Crippen LogP contribution in [0, 0.1) is 27.7 Å². The number of aromatic nitrogens is 6. The lowest BCUT2D eigenvalue weighted by molar-refractivity contribution is 0.0684. The summed E-state index contributed by atoms with van der Waals surface area (Å²) in [4.78, 5) is 50.6. The number of nitrogens with zero attached hydrogens (tertiary/aromatic N) is 6. The molecule has 0 fully saturated rings. The number of aromatic carboxylic acids is 1. The molecule has 10 N–H and O–H groups in total. The van der Waals surface area contributed by atoms with Crippen molar-refractivity contribution in [2.75, 3.05) is 11.5 Å². The predicted octanol–water partition coefficient (Wildman–Crippen LogP) is 9.16. The van der Waals surface area contributed by atoms with E-state index in [0.29, 0.717) is 70.1 Å². The van der Waals surface area contributed by atoms with Gasteiger partial charge in [-0.25, -0.2) is 9.78 Å². The Kier molecular flexibility index (Phi) is 16.7. The number of carbonyl (C=O) groups excluding carboxylic acids is 1. The molecular weight excluding hydrogens is 940 g/mol. The topological polar surface area (TPSA) is 262 Å².